The predicted molar refractivity (Wildman–Crippen MR) is 127 cm³/mol. The minimum atomic E-state index is -0.492. The number of phenolic OH excluding ortho intramolecular Hbond substituents is 2. The van der Waals surface area contributed by atoms with Crippen molar-refractivity contribution >= 4 is 17.5 Å². The molecule has 7 heteroatoms. The van der Waals surface area contributed by atoms with Gasteiger partial charge in [-0.3, -0.25) is 9.59 Å². The Kier molecular flexibility index (Phi) is 6.60. The second-order valence-corrected chi connectivity index (χ2v) is 8.14. The summed E-state index contributed by atoms with van der Waals surface area (Å²) < 4.78 is 0. The number of rotatable bonds is 5. The number of phenols is 2. The van der Waals surface area contributed by atoms with E-state index in [0.29, 0.717) is 30.9 Å². The van der Waals surface area contributed by atoms with Crippen LogP contribution in [-0.2, 0) is 6.54 Å². The zero-order valence-corrected chi connectivity index (χ0v) is 18.3. The van der Waals surface area contributed by atoms with Crippen LogP contribution in [0.2, 0.25) is 0 Å². The van der Waals surface area contributed by atoms with Crippen LogP contribution in [0.25, 0.3) is 11.1 Å². The highest BCUT2D eigenvalue weighted by molar-refractivity contribution is 6.12. The first-order valence-corrected chi connectivity index (χ1v) is 11.0. The van der Waals surface area contributed by atoms with E-state index in [1.165, 1.54) is 18.2 Å². The number of carbonyl (C=O) groups excluding carboxylic acids is 2. The van der Waals surface area contributed by atoms with Crippen LogP contribution in [0.3, 0.4) is 0 Å². The van der Waals surface area contributed by atoms with Gasteiger partial charge in [0.25, 0.3) is 11.8 Å². The van der Waals surface area contributed by atoms with E-state index in [1.54, 1.807) is 12.1 Å². The molecule has 3 aromatic rings. The standard InChI is InChI=1S/C26H27N3O4/c27-16-17-7-9-18(10-8-17)20-5-4-6-21(24(20)26(33)29-13-2-1-3-14-29)28-25(32)19-11-12-22(30)23(31)15-19/h4-12,15,30-31H,1-3,13-14,16,27H2,(H,28,32). The molecule has 0 radical (unpaired) electrons. The topological polar surface area (TPSA) is 116 Å². The minimum Gasteiger partial charge on any atom is -0.504 e. The fourth-order valence-electron chi connectivity index (χ4n) is 4.06. The Hall–Kier alpha value is -3.84. The Labute approximate surface area is 192 Å². The quantitative estimate of drug-likeness (QED) is 0.441. The number of nitrogens with zero attached hydrogens (tertiary/aromatic N) is 1. The SMILES string of the molecule is NCc1ccc(-c2cccc(NC(=O)c3ccc(O)c(O)c3)c2C(=O)N2CCCCC2)cc1. The van der Waals surface area contributed by atoms with E-state index >= 15 is 0 Å². The van der Waals surface area contributed by atoms with E-state index in [0.717, 1.165) is 36.0 Å². The summed E-state index contributed by atoms with van der Waals surface area (Å²) in [5.74, 6) is -1.32. The summed E-state index contributed by atoms with van der Waals surface area (Å²) in [5, 5.41) is 22.1. The number of piperidine rings is 1. The van der Waals surface area contributed by atoms with Crippen molar-refractivity contribution < 1.29 is 19.8 Å². The molecule has 4 rings (SSSR count). The number of nitrogens with two attached hydrogens (primary N) is 1. The fourth-order valence-corrected chi connectivity index (χ4v) is 4.06. The Morgan fingerprint density at radius 1 is 0.909 bits per heavy atom. The summed E-state index contributed by atoms with van der Waals surface area (Å²) in [6.45, 7) is 1.78. The zero-order valence-electron chi connectivity index (χ0n) is 18.3. The van der Waals surface area contributed by atoms with Gasteiger partial charge in [-0.25, -0.2) is 0 Å². The van der Waals surface area contributed by atoms with Crippen molar-refractivity contribution in [2.75, 3.05) is 18.4 Å². The molecular formula is C26H27N3O4. The maximum atomic E-state index is 13.6. The van der Waals surface area contributed by atoms with Crippen molar-refractivity contribution in [3.8, 4) is 22.6 Å². The first-order valence-electron chi connectivity index (χ1n) is 11.0. The van der Waals surface area contributed by atoms with Crippen LogP contribution in [0, 0.1) is 0 Å². The van der Waals surface area contributed by atoms with Gasteiger partial charge in [0, 0.05) is 25.2 Å². The summed E-state index contributed by atoms with van der Waals surface area (Å²) in [6.07, 6.45) is 3.00. The Balaban J connectivity index is 1.75. The lowest BCUT2D eigenvalue weighted by Crippen LogP contribution is -2.36. The third-order valence-electron chi connectivity index (χ3n) is 5.91. The zero-order chi connectivity index (χ0) is 23.4. The molecule has 7 nitrogen and oxygen atoms in total. The highest BCUT2D eigenvalue weighted by Crippen LogP contribution is 2.32. The molecule has 3 aromatic carbocycles. The lowest BCUT2D eigenvalue weighted by molar-refractivity contribution is 0.0726. The van der Waals surface area contributed by atoms with Crippen LogP contribution in [0.15, 0.2) is 60.7 Å². The van der Waals surface area contributed by atoms with Crippen LogP contribution in [-0.4, -0.2) is 40.0 Å². The number of likely N-dealkylation sites (tertiary alicyclic amines) is 1. The Bertz CT molecular complexity index is 1170. The molecule has 0 unspecified atom stereocenters. The number of benzene rings is 3. The van der Waals surface area contributed by atoms with Gasteiger partial charge in [-0.2, -0.15) is 0 Å². The lowest BCUT2D eigenvalue weighted by Gasteiger charge is -2.28. The molecule has 0 bridgehead atoms. The number of hydrogen-bond acceptors (Lipinski definition) is 5. The number of carbonyl (C=O) groups is 2. The van der Waals surface area contributed by atoms with E-state index in [-0.39, 0.29) is 23.0 Å². The van der Waals surface area contributed by atoms with Gasteiger partial charge in [0.15, 0.2) is 11.5 Å². The minimum absolute atomic E-state index is 0.128. The van der Waals surface area contributed by atoms with E-state index in [2.05, 4.69) is 5.32 Å². The van der Waals surface area contributed by atoms with Gasteiger partial charge in [-0.15, -0.1) is 0 Å². The number of hydrogen-bond donors (Lipinski definition) is 4. The third-order valence-corrected chi connectivity index (χ3v) is 5.91. The smallest absolute Gasteiger partial charge is 0.256 e. The van der Waals surface area contributed by atoms with Crippen LogP contribution in [0.1, 0.15) is 45.5 Å². The van der Waals surface area contributed by atoms with Crippen molar-refractivity contribution in [1.29, 1.82) is 0 Å². The number of aromatic hydroxyl groups is 2. The summed E-state index contributed by atoms with van der Waals surface area (Å²) in [5.41, 5.74) is 9.27. The molecule has 1 aliphatic heterocycles. The van der Waals surface area contributed by atoms with Crippen molar-refractivity contribution in [3.63, 3.8) is 0 Å². The average molecular weight is 446 g/mol. The molecule has 1 aliphatic rings. The van der Waals surface area contributed by atoms with Crippen molar-refractivity contribution in [2.24, 2.45) is 5.73 Å². The van der Waals surface area contributed by atoms with Gasteiger partial charge in [0.05, 0.1) is 11.3 Å². The van der Waals surface area contributed by atoms with E-state index in [9.17, 15) is 19.8 Å². The molecule has 2 amide bonds. The van der Waals surface area contributed by atoms with Gasteiger partial charge in [-0.1, -0.05) is 36.4 Å². The van der Waals surface area contributed by atoms with Gasteiger partial charge < -0.3 is 26.2 Å². The number of nitrogens with one attached hydrogen (secondary N) is 1. The maximum absolute atomic E-state index is 13.6. The van der Waals surface area contributed by atoms with Gasteiger partial charge in [0.1, 0.15) is 0 Å². The monoisotopic (exact) mass is 445 g/mol. The molecule has 1 fully saturated rings. The normalized spacial score (nSPS) is 13.5. The highest BCUT2D eigenvalue weighted by atomic mass is 16.3. The molecule has 1 saturated heterocycles. The number of anilines is 1. The largest absolute Gasteiger partial charge is 0.504 e. The molecule has 1 heterocycles. The summed E-state index contributed by atoms with van der Waals surface area (Å²) in [4.78, 5) is 28.4. The highest BCUT2D eigenvalue weighted by Gasteiger charge is 2.25. The number of amides is 2. The van der Waals surface area contributed by atoms with Crippen LogP contribution in [0.5, 0.6) is 11.5 Å². The average Bonchev–Trinajstić information content (AvgIpc) is 2.85. The molecular weight excluding hydrogens is 418 g/mol. The third kappa shape index (κ3) is 4.83. The van der Waals surface area contributed by atoms with Gasteiger partial charge in [0.2, 0.25) is 0 Å². The first-order chi connectivity index (χ1) is 16.0. The first kappa shape index (κ1) is 22.4. The van der Waals surface area contributed by atoms with Crippen LogP contribution in [0.4, 0.5) is 5.69 Å². The predicted octanol–water partition coefficient (Wildman–Crippen LogP) is 4.10. The Morgan fingerprint density at radius 3 is 2.30 bits per heavy atom. The second kappa shape index (κ2) is 9.75. The van der Waals surface area contributed by atoms with E-state index in [4.69, 9.17) is 5.73 Å². The molecule has 0 atom stereocenters. The summed E-state index contributed by atoms with van der Waals surface area (Å²) in [6, 6.07) is 16.9. The van der Waals surface area contributed by atoms with E-state index < -0.39 is 5.91 Å². The molecule has 0 saturated carbocycles. The van der Waals surface area contributed by atoms with Crippen LogP contribution < -0.4 is 11.1 Å². The van der Waals surface area contributed by atoms with Gasteiger partial charge >= 0.3 is 0 Å². The summed E-state index contributed by atoms with van der Waals surface area (Å²) >= 11 is 0. The molecule has 0 aliphatic carbocycles. The second-order valence-electron chi connectivity index (χ2n) is 8.14. The Morgan fingerprint density at radius 2 is 1.64 bits per heavy atom. The summed E-state index contributed by atoms with van der Waals surface area (Å²) in [7, 11) is 0. The lowest BCUT2D eigenvalue weighted by atomic mass is 9.95. The molecule has 170 valence electrons. The molecule has 33 heavy (non-hydrogen) atoms. The van der Waals surface area contributed by atoms with Crippen molar-refractivity contribution in [3.05, 3.63) is 77.4 Å². The van der Waals surface area contributed by atoms with Crippen LogP contribution >= 0.6 is 0 Å². The van der Waals surface area contributed by atoms with Gasteiger partial charge in [-0.05, 0) is 60.2 Å². The van der Waals surface area contributed by atoms with E-state index in [1.807, 2.05) is 35.2 Å². The molecule has 0 spiro atoms. The van der Waals surface area contributed by atoms with Crippen molar-refractivity contribution in [2.45, 2.75) is 25.8 Å². The van der Waals surface area contributed by atoms with Crippen molar-refractivity contribution in [1.82, 2.24) is 4.90 Å². The molecule has 5 N–H and O–H groups in total. The fraction of sp³-hybridized carbons (Fsp3) is 0.231. The maximum Gasteiger partial charge on any atom is 0.256 e. The molecule has 0 aromatic heterocycles.